The van der Waals surface area contributed by atoms with Crippen molar-refractivity contribution in [1.29, 1.82) is 10.0 Å². The van der Waals surface area contributed by atoms with E-state index >= 15 is 0 Å². The zero-order valence-corrected chi connectivity index (χ0v) is 23.8. The molecule has 1 saturated heterocycles. The molecule has 4 heterocycles. The van der Waals surface area contributed by atoms with Gasteiger partial charge in [-0.3, -0.25) is 9.48 Å². The van der Waals surface area contributed by atoms with Crippen LogP contribution in [-0.2, 0) is 25.9 Å². The van der Waals surface area contributed by atoms with Crippen LogP contribution >= 0.6 is 11.3 Å². The fourth-order valence-electron chi connectivity index (χ4n) is 5.07. The molecule has 0 bridgehead atoms. The van der Waals surface area contributed by atoms with Crippen LogP contribution in [0.1, 0.15) is 77.4 Å². The summed E-state index contributed by atoms with van der Waals surface area (Å²) in [7, 11) is -3.12. The Morgan fingerprint density at radius 1 is 1.26 bits per heavy atom. The van der Waals surface area contributed by atoms with E-state index in [0.717, 1.165) is 5.01 Å². The maximum atomic E-state index is 13.3. The molecule has 3 aromatic rings. The highest BCUT2D eigenvalue weighted by atomic mass is 32.2. The molecule has 2 unspecified atom stereocenters. The second-order valence-corrected chi connectivity index (χ2v) is 13.0. The summed E-state index contributed by atoms with van der Waals surface area (Å²) in [5.41, 5.74) is 0.288. The molecule has 2 aliphatic rings. The summed E-state index contributed by atoms with van der Waals surface area (Å²) in [5.74, 6) is -0.444. The lowest BCUT2D eigenvalue weighted by molar-refractivity contribution is -0.133. The van der Waals surface area contributed by atoms with Crippen molar-refractivity contribution >= 4 is 32.7 Å². The number of carbonyl (C=O) groups excluding carboxylic acids is 1. The Labute approximate surface area is 242 Å². The molecule has 2 aliphatic heterocycles. The predicted molar refractivity (Wildman–Crippen MR) is 144 cm³/mol. The van der Waals surface area contributed by atoms with Gasteiger partial charge in [0.2, 0.25) is 5.91 Å². The monoisotopic (exact) mass is 623 g/mol. The van der Waals surface area contributed by atoms with E-state index in [0.29, 0.717) is 53.6 Å². The normalized spacial score (nSPS) is 19.0. The highest BCUT2D eigenvalue weighted by Gasteiger charge is 2.33. The van der Waals surface area contributed by atoms with E-state index in [-0.39, 0.29) is 22.8 Å². The molecule has 0 radical (unpaired) electrons. The summed E-state index contributed by atoms with van der Waals surface area (Å²) in [6, 6.07) is 7.41. The van der Waals surface area contributed by atoms with Crippen LogP contribution in [0, 0.1) is 16.1 Å². The zero-order valence-electron chi connectivity index (χ0n) is 22.2. The molecule has 42 heavy (non-hydrogen) atoms. The highest BCUT2D eigenvalue weighted by molar-refractivity contribution is 7.91. The number of benzene rings is 1. The first-order valence-corrected chi connectivity index (χ1v) is 15.7. The molecule has 1 aromatic carbocycles. The molecule has 1 fully saturated rings. The van der Waals surface area contributed by atoms with Crippen LogP contribution in [0.15, 0.2) is 39.7 Å². The van der Waals surface area contributed by atoms with E-state index in [1.807, 2.05) is 5.38 Å². The van der Waals surface area contributed by atoms with Gasteiger partial charge in [-0.05, 0) is 31.0 Å². The summed E-state index contributed by atoms with van der Waals surface area (Å²) < 4.78 is 73.7. The Balaban J connectivity index is 1.21. The van der Waals surface area contributed by atoms with Crippen molar-refractivity contribution in [2.75, 3.05) is 19.3 Å². The number of hydrogen-bond acceptors (Lipinski definition) is 9. The number of alkyl halides is 4. The lowest BCUT2D eigenvalue weighted by atomic mass is 9.97. The second kappa shape index (κ2) is 11.8. The molecule has 1 N–H and O–H groups in total. The third-order valence-electron chi connectivity index (χ3n) is 7.17. The van der Waals surface area contributed by atoms with Gasteiger partial charge in [0.25, 0.3) is 12.9 Å². The van der Waals surface area contributed by atoms with Crippen molar-refractivity contribution in [3.63, 3.8) is 0 Å². The molecule has 2 atom stereocenters. The number of rotatable bonds is 8. The highest BCUT2D eigenvalue weighted by Crippen LogP contribution is 2.37. The number of piperidine rings is 1. The first-order valence-electron chi connectivity index (χ1n) is 12.8. The number of thiazole rings is 1. The van der Waals surface area contributed by atoms with Crippen molar-refractivity contribution < 1.29 is 31.4 Å². The molecule has 2 aromatic heterocycles. The van der Waals surface area contributed by atoms with Crippen LogP contribution < -0.4 is 0 Å². The Kier molecular flexibility index (Phi) is 8.33. The van der Waals surface area contributed by atoms with Gasteiger partial charge in [-0.15, -0.1) is 11.3 Å². The molecule has 222 valence electrons. The topological polar surface area (TPSA) is 137 Å². The van der Waals surface area contributed by atoms with E-state index in [1.54, 1.807) is 18.2 Å². The molecule has 0 saturated carbocycles. The number of oxime groups is 1. The quantitative estimate of drug-likeness (QED) is 0.334. The molecule has 16 heteroatoms. The van der Waals surface area contributed by atoms with Crippen molar-refractivity contribution in [2.45, 2.75) is 55.6 Å². The second-order valence-electron chi connectivity index (χ2n) is 9.99. The third kappa shape index (κ3) is 6.02. The van der Waals surface area contributed by atoms with Crippen molar-refractivity contribution in [3.8, 4) is 6.07 Å². The van der Waals surface area contributed by atoms with E-state index < -0.39 is 52.5 Å². The van der Waals surface area contributed by atoms with E-state index in [9.17, 15) is 31.8 Å². The SMILES string of the molecule is CS(=N)(=O)c1cccc(C#N)c1C1CC(c2csc(C3CCN(C(=O)Cn4nc(C(F)F)cc4C(F)F)CC3)n2)=NO1. The standard InChI is InChI=1S/C26H25F4N7O3S2/c1-42(32,39)21-4-2-3-15(11-31)23(21)20-10-16(35-40-20)18-13-41-26(33-18)14-5-7-36(8-6-14)22(38)12-37-19(25(29)30)9-17(34-37)24(27)28/h2-4,9,13-14,20,24-25,32H,5-8,10,12H2,1H3. The number of nitrogens with zero attached hydrogens (tertiary/aromatic N) is 6. The van der Waals surface area contributed by atoms with Crippen LogP contribution in [0.2, 0.25) is 0 Å². The molecule has 10 nitrogen and oxygen atoms in total. The average Bonchev–Trinajstić information content (AvgIpc) is 3.72. The molecule has 0 aliphatic carbocycles. The van der Waals surface area contributed by atoms with Gasteiger partial charge in [-0.25, -0.2) is 31.5 Å². The number of likely N-dealkylation sites (tertiary alicyclic amines) is 1. The average molecular weight is 624 g/mol. The number of carbonyl (C=O) groups is 1. The van der Waals surface area contributed by atoms with Gasteiger partial charge >= 0.3 is 0 Å². The van der Waals surface area contributed by atoms with Crippen molar-refractivity contribution in [1.82, 2.24) is 19.7 Å². The minimum Gasteiger partial charge on any atom is -0.387 e. The Hall–Kier alpha value is -3.84. The van der Waals surface area contributed by atoms with Crippen LogP contribution in [0.3, 0.4) is 0 Å². The summed E-state index contributed by atoms with van der Waals surface area (Å²) >= 11 is 1.43. The van der Waals surface area contributed by atoms with Crippen molar-refractivity contribution in [3.05, 3.63) is 62.9 Å². The number of nitriles is 1. The largest absolute Gasteiger partial charge is 0.387 e. The predicted octanol–water partition coefficient (Wildman–Crippen LogP) is 5.39. The first kappa shape index (κ1) is 29.6. The van der Waals surface area contributed by atoms with Gasteiger partial charge in [0.05, 0.1) is 37.0 Å². The molecular weight excluding hydrogens is 598 g/mol. The summed E-state index contributed by atoms with van der Waals surface area (Å²) in [5, 5.41) is 19.9. The van der Waals surface area contributed by atoms with Gasteiger partial charge in [0.15, 0.2) is 6.10 Å². The van der Waals surface area contributed by atoms with Crippen LogP contribution in [0.4, 0.5) is 17.6 Å². The Bertz CT molecular complexity index is 1670. The smallest absolute Gasteiger partial charge is 0.282 e. The van der Waals surface area contributed by atoms with Crippen LogP contribution in [0.25, 0.3) is 0 Å². The molecular formula is C26H25F4N7O3S2. The molecule has 1 amide bonds. The van der Waals surface area contributed by atoms with Gasteiger partial charge in [0, 0.05) is 42.6 Å². The minimum absolute atomic E-state index is 0.0392. The number of amides is 1. The number of nitrogens with one attached hydrogen (secondary N) is 1. The van der Waals surface area contributed by atoms with Crippen molar-refractivity contribution in [2.24, 2.45) is 5.16 Å². The summed E-state index contributed by atoms with van der Waals surface area (Å²) in [6.45, 7) is 0.132. The molecule has 0 spiro atoms. The van der Waals surface area contributed by atoms with Gasteiger partial charge < -0.3 is 9.74 Å². The van der Waals surface area contributed by atoms with E-state index in [1.165, 1.54) is 22.5 Å². The zero-order chi connectivity index (χ0) is 30.2. The lowest BCUT2D eigenvalue weighted by Gasteiger charge is -2.31. The van der Waals surface area contributed by atoms with E-state index in [2.05, 4.69) is 16.3 Å². The molecule has 5 rings (SSSR count). The maximum absolute atomic E-state index is 13.3. The van der Waals surface area contributed by atoms with Gasteiger partial charge in [-0.2, -0.15) is 10.4 Å². The Morgan fingerprint density at radius 2 is 2.00 bits per heavy atom. The maximum Gasteiger partial charge on any atom is 0.282 e. The van der Waals surface area contributed by atoms with Gasteiger partial charge in [0.1, 0.15) is 23.6 Å². The number of hydrogen-bond donors (Lipinski definition) is 1. The van der Waals surface area contributed by atoms with Crippen LogP contribution in [-0.4, -0.2) is 54.8 Å². The summed E-state index contributed by atoms with van der Waals surface area (Å²) in [4.78, 5) is 24.8. The fourth-order valence-corrected chi connectivity index (χ4v) is 7.07. The lowest BCUT2D eigenvalue weighted by Crippen LogP contribution is -2.40. The minimum atomic E-state index is -3.12. The summed E-state index contributed by atoms with van der Waals surface area (Å²) in [6.07, 6.45) is -4.04. The van der Waals surface area contributed by atoms with E-state index in [4.69, 9.17) is 14.6 Å². The number of aromatic nitrogens is 3. The first-order chi connectivity index (χ1) is 20.0. The fraction of sp³-hybridized carbons (Fsp3) is 0.423. The van der Waals surface area contributed by atoms with Crippen LogP contribution in [0.5, 0.6) is 0 Å². The van der Waals surface area contributed by atoms with Gasteiger partial charge in [-0.1, -0.05) is 11.2 Å². The third-order valence-corrected chi connectivity index (χ3v) is 9.38. The number of halogens is 4. The Morgan fingerprint density at radius 3 is 2.64 bits per heavy atom.